The second-order valence-corrected chi connectivity index (χ2v) is 6.93. The molecule has 4 heteroatoms. The van der Waals surface area contributed by atoms with E-state index in [4.69, 9.17) is 11.6 Å². The minimum absolute atomic E-state index is 0.270. The van der Waals surface area contributed by atoms with Gasteiger partial charge >= 0.3 is 0 Å². The minimum atomic E-state index is 0.270. The molecular weight excluding hydrogens is 431 g/mol. The van der Waals surface area contributed by atoms with Gasteiger partial charge in [0.05, 0.1) is 0 Å². The Morgan fingerprint density at radius 2 is 1.58 bits per heavy atom. The third-order valence-corrected chi connectivity index (χ3v) is 5.05. The highest BCUT2D eigenvalue weighted by molar-refractivity contribution is 14.1. The van der Waals surface area contributed by atoms with Crippen LogP contribution in [0.2, 0.25) is 5.02 Å². The van der Waals surface area contributed by atoms with Gasteiger partial charge in [-0.05, 0) is 52.9 Å². The highest BCUT2D eigenvalue weighted by Crippen LogP contribution is 2.29. The van der Waals surface area contributed by atoms with E-state index in [0.717, 1.165) is 17.1 Å². The molecule has 3 rings (SSSR count). The standard InChI is InChI=1S/C20H18ClIN2/c1-14-2-3-18(12-20(14)21)19(13-24-22)17-6-4-15(5-7-17)16-8-10-23-11-9-16/h2-12,19,24H,13H2,1H3. The normalized spacial score (nSPS) is 12.1. The Balaban J connectivity index is 1.92. The van der Waals surface area contributed by atoms with Crippen LogP contribution >= 0.6 is 34.5 Å². The Morgan fingerprint density at radius 3 is 2.21 bits per heavy atom. The van der Waals surface area contributed by atoms with Gasteiger partial charge in [-0.3, -0.25) is 8.51 Å². The average molecular weight is 449 g/mol. The van der Waals surface area contributed by atoms with Gasteiger partial charge in [0.25, 0.3) is 0 Å². The molecule has 0 amide bonds. The van der Waals surface area contributed by atoms with Crippen molar-refractivity contribution in [3.8, 4) is 11.1 Å². The Morgan fingerprint density at radius 1 is 0.958 bits per heavy atom. The SMILES string of the molecule is Cc1ccc(C(CNI)c2ccc(-c3ccncc3)cc2)cc1Cl. The highest BCUT2D eigenvalue weighted by atomic mass is 127. The number of aryl methyl sites for hydroxylation is 1. The predicted molar refractivity (Wildman–Crippen MR) is 110 cm³/mol. The first kappa shape index (κ1) is 17.4. The first-order chi connectivity index (χ1) is 11.7. The van der Waals surface area contributed by atoms with Gasteiger partial charge in [-0.15, -0.1) is 0 Å². The second kappa shape index (κ2) is 8.10. The number of nitrogens with one attached hydrogen (secondary N) is 1. The van der Waals surface area contributed by atoms with Crippen molar-refractivity contribution in [2.45, 2.75) is 12.8 Å². The largest absolute Gasteiger partial charge is 0.265 e. The summed E-state index contributed by atoms with van der Waals surface area (Å²) in [5.74, 6) is 0.270. The smallest absolute Gasteiger partial charge is 0.0438 e. The van der Waals surface area contributed by atoms with Crippen molar-refractivity contribution in [2.75, 3.05) is 6.54 Å². The fraction of sp³-hybridized carbons (Fsp3) is 0.150. The minimum Gasteiger partial charge on any atom is -0.265 e. The van der Waals surface area contributed by atoms with E-state index >= 15 is 0 Å². The van der Waals surface area contributed by atoms with Gasteiger partial charge in [0.1, 0.15) is 0 Å². The maximum absolute atomic E-state index is 6.32. The van der Waals surface area contributed by atoms with Crippen LogP contribution in [0.3, 0.4) is 0 Å². The number of hydrogen-bond acceptors (Lipinski definition) is 2. The maximum atomic E-state index is 6.32. The van der Waals surface area contributed by atoms with Crippen molar-refractivity contribution in [1.29, 1.82) is 0 Å². The highest BCUT2D eigenvalue weighted by Gasteiger charge is 2.15. The fourth-order valence-electron chi connectivity index (χ4n) is 2.78. The molecule has 0 spiro atoms. The fourth-order valence-corrected chi connectivity index (χ4v) is 3.41. The molecule has 0 saturated carbocycles. The van der Waals surface area contributed by atoms with Gasteiger partial charge in [0, 0.05) is 52.7 Å². The molecule has 1 heterocycles. The van der Waals surface area contributed by atoms with Crippen LogP contribution in [-0.2, 0) is 0 Å². The van der Waals surface area contributed by atoms with Crippen molar-refractivity contribution in [3.05, 3.63) is 88.7 Å². The summed E-state index contributed by atoms with van der Waals surface area (Å²) in [7, 11) is 0. The average Bonchev–Trinajstić information content (AvgIpc) is 2.63. The summed E-state index contributed by atoms with van der Waals surface area (Å²) in [6.07, 6.45) is 3.64. The lowest BCUT2D eigenvalue weighted by molar-refractivity contribution is 0.796. The maximum Gasteiger partial charge on any atom is 0.0438 e. The van der Waals surface area contributed by atoms with E-state index in [2.05, 4.69) is 73.8 Å². The summed E-state index contributed by atoms with van der Waals surface area (Å²) in [5.41, 5.74) is 5.99. The quantitative estimate of drug-likeness (QED) is 0.395. The summed E-state index contributed by atoms with van der Waals surface area (Å²) < 4.78 is 3.26. The number of pyridine rings is 1. The van der Waals surface area contributed by atoms with Crippen molar-refractivity contribution < 1.29 is 0 Å². The number of aromatic nitrogens is 1. The van der Waals surface area contributed by atoms with Gasteiger partial charge < -0.3 is 0 Å². The van der Waals surface area contributed by atoms with Crippen LogP contribution in [0, 0.1) is 6.92 Å². The Kier molecular flexibility index (Phi) is 5.87. The third kappa shape index (κ3) is 3.97. The van der Waals surface area contributed by atoms with E-state index in [1.165, 1.54) is 22.3 Å². The van der Waals surface area contributed by atoms with E-state index in [1.54, 1.807) is 0 Å². The van der Waals surface area contributed by atoms with E-state index in [9.17, 15) is 0 Å². The van der Waals surface area contributed by atoms with Crippen molar-refractivity contribution >= 4 is 34.5 Å². The molecular formula is C20H18ClIN2. The van der Waals surface area contributed by atoms with Crippen LogP contribution < -0.4 is 3.53 Å². The number of rotatable bonds is 5. The molecule has 1 unspecified atom stereocenters. The lowest BCUT2D eigenvalue weighted by Gasteiger charge is -2.18. The topological polar surface area (TPSA) is 24.9 Å². The lowest BCUT2D eigenvalue weighted by Crippen LogP contribution is -2.14. The number of nitrogens with zero attached hydrogens (tertiary/aromatic N) is 1. The molecule has 0 aliphatic rings. The molecule has 0 aliphatic carbocycles. The number of halogens is 2. The van der Waals surface area contributed by atoms with Crippen LogP contribution in [-0.4, -0.2) is 11.5 Å². The zero-order valence-corrected chi connectivity index (χ0v) is 16.3. The summed E-state index contributed by atoms with van der Waals surface area (Å²) in [6.45, 7) is 2.88. The molecule has 1 aromatic heterocycles. The van der Waals surface area contributed by atoms with Gasteiger partial charge in [-0.1, -0.05) is 48.0 Å². The Bertz CT molecular complexity index is 804. The molecule has 122 valence electrons. The van der Waals surface area contributed by atoms with E-state index in [-0.39, 0.29) is 5.92 Å². The molecule has 3 aromatic rings. The molecule has 2 nitrogen and oxygen atoms in total. The first-order valence-corrected chi connectivity index (χ1v) is 9.24. The van der Waals surface area contributed by atoms with Crippen molar-refractivity contribution in [2.24, 2.45) is 0 Å². The molecule has 2 aromatic carbocycles. The van der Waals surface area contributed by atoms with E-state index in [1.807, 2.05) is 31.5 Å². The van der Waals surface area contributed by atoms with Crippen LogP contribution in [0.25, 0.3) is 11.1 Å². The molecule has 0 radical (unpaired) electrons. The molecule has 0 fully saturated rings. The third-order valence-electron chi connectivity index (χ3n) is 4.21. The molecule has 1 atom stereocenters. The van der Waals surface area contributed by atoms with Gasteiger partial charge in [-0.2, -0.15) is 0 Å². The Labute approximate surface area is 161 Å². The first-order valence-electron chi connectivity index (χ1n) is 7.79. The van der Waals surface area contributed by atoms with Crippen LogP contribution in [0.5, 0.6) is 0 Å². The predicted octanol–water partition coefficient (Wildman–Crippen LogP) is 5.78. The monoisotopic (exact) mass is 448 g/mol. The van der Waals surface area contributed by atoms with E-state index < -0.39 is 0 Å². The summed E-state index contributed by atoms with van der Waals surface area (Å²) in [4.78, 5) is 4.07. The molecule has 0 bridgehead atoms. The Hall–Kier alpha value is -1.43. The van der Waals surface area contributed by atoms with Crippen LogP contribution in [0.15, 0.2) is 67.0 Å². The van der Waals surface area contributed by atoms with Gasteiger partial charge in [-0.25, -0.2) is 0 Å². The summed E-state index contributed by atoms with van der Waals surface area (Å²) in [6, 6.07) is 19.1. The molecule has 0 aliphatic heterocycles. The molecule has 24 heavy (non-hydrogen) atoms. The molecule has 1 N–H and O–H groups in total. The summed E-state index contributed by atoms with van der Waals surface area (Å²) in [5, 5.41) is 0.819. The summed E-state index contributed by atoms with van der Waals surface area (Å²) >= 11 is 8.52. The van der Waals surface area contributed by atoms with Crippen LogP contribution in [0.1, 0.15) is 22.6 Å². The number of benzene rings is 2. The molecule has 0 saturated heterocycles. The number of hydrogen-bond donors (Lipinski definition) is 1. The van der Waals surface area contributed by atoms with Gasteiger partial charge in [0.15, 0.2) is 0 Å². The van der Waals surface area contributed by atoms with Crippen molar-refractivity contribution in [1.82, 2.24) is 8.51 Å². The lowest BCUT2D eigenvalue weighted by atomic mass is 9.90. The van der Waals surface area contributed by atoms with Gasteiger partial charge in [0.2, 0.25) is 0 Å². The van der Waals surface area contributed by atoms with Crippen LogP contribution in [0.4, 0.5) is 0 Å². The second-order valence-electron chi connectivity index (χ2n) is 5.76. The zero-order chi connectivity index (χ0) is 16.9. The zero-order valence-electron chi connectivity index (χ0n) is 13.3. The van der Waals surface area contributed by atoms with E-state index in [0.29, 0.717) is 0 Å². The van der Waals surface area contributed by atoms with Crippen molar-refractivity contribution in [3.63, 3.8) is 0 Å².